The van der Waals surface area contributed by atoms with Gasteiger partial charge in [-0.15, -0.1) is 0 Å². The second-order valence-corrected chi connectivity index (χ2v) is 2.84. The summed E-state index contributed by atoms with van der Waals surface area (Å²) in [5.74, 6) is -4.15. The Kier molecular flexibility index (Phi) is 3.86. The molecule has 0 atom stereocenters. The topological polar surface area (TPSA) is 47.0 Å². The third-order valence-electron chi connectivity index (χ3n) is 1.60. The first-order valence-electron chi connectivity index (χ1n) is 4.24. The summed E-state index contributed by atoms with van der Waals surface area (Å²) in [6.45, 7) is -1.44. The van der Waals surface area contributed by atoms with Crippen molar-refractivity contribution in [2.45, 2.75) is 12.3 Å². The van der Waals surface area contributed by atoms with Crippen molar-refractivity contribution in [1.82, 2.24) is 9.97 Å². The summed E-state index contributed by atoms with van der Waals surface area (Å²) in [6.07, 6.45) is -1.38. The first-order valence-corrected chi connectivity index (χ1v) is 4.24. The van der Waals surface area contributed by atoms with Crippen molar-refractivity contribution in [3.05, 3.63) is 12.4 Å². The maximum Gasteiger partial charge on any atom is 0.340 e. The predicted octanol–water partition coefficient (Wildman–Crippen LogP) is 1.80. The van der Waals surface area contributed by atoms with Gasteiger partial charge < -0.3 is 10.1 Å². The lowest BCUT2D eigenvalue weighted by Crippen LogP contribution is -2.33. The van der Waals surface area contributed by atoms with Crippen molar-refractivity contribution >= 4 is 5.82 Å². The van der Waals surface area contributed by atoms with Gasteiger partial charge in [0.2, 0.25) is 5.88 Å². The average molecular weight is 239 g/mol. The Morgan fingerprint density at radius 3 is 2.69 bits per heavy atom. The molecule has 1 rings (SSSR count). The smallest absolute Gasteiger partial charge is 0.340 e. The average Bonchev–Trinajstić information content (AvgIpc) is 2.26. The summed E-state index contributed by atoms with van der Waals surface area (Å²) in [5, 5.41) is 2.60. The van der Waals surface area contributed by atoms with Crippen LogP contribution in [0.1, 0.15) is 0 Å². The van der Waals surface area contributed by atoms with Gasteiger partial charge in [-0.3, -0.25) is 4.98 Å². The fourth-order valence-electron chi connectivity index (χ4n) is 0.771. The standard InChI is InChI=1S/C8H9F4N3O/c1-13-5-2-14-3-6(15-5)16-4-8(11,12)7(9)10/h2-3,7H,4H2,1H3,(H,13,15). The Bertz CT molecular complexity index is 348. The molecule has 0 aromatic carbocycles. The van der Waals surface area contributed by atoms with Crippen molar-refractivity contribution in [2.75, 3.05) is 19.0 Å². The zero-order valence-corrected chi connectivity index (χ0v) is 8.25. The molecule has 0 unspecified atom stereocenters. The van der Waals surface area contributed by atoms with E-state index in [0.717, 1.165) is 6.20 Å². The van der Waals surface area contributed by atoms with E-state index in [1.165, 1.54) is 6.20 Å². The molecule has 0 fully saturated rings. The summed E-state index contributed by atoms with van der Waals surface area (Å²) in [4.78, 5) is 7.30. The highest BCUT2D eigenvalue weighted by Crippen LogP contribution is 2.23. The Morgan fingerprint density at radius 2 is 2.12 bits per heavy atom. The molecule has 90 valence electrons. The number of alkyl halides is 4. The molecule has 0 spiro atoms. The number of nitrogens with one attached hydrogen (secondary N) is 1. The third-order valence-corrected chi connectivity index (χ3v) is 1.60. The summed E-state index contributed by atoms with van der Waals surface area (Å²) in [5.41, 5.74) is 0. The zero-order chi connectivity index (χ0) is 12.2. The molecule has 0 bridgehead atoms. The second kappa shape index (κ2) is 4.95. The number of hydrogen-bond acceptors (Lipinski definition) is 4. The number of aromatic nitrogens is 2. The highest BCUT2D eigenvalue weighted by molar-refractivity contribution is 5.31. The van der Waals surface area contributed by atoms with Crippen LogP contribution in [0.5, 0.6) is 5.88 Å². The van der Waals surface area contributed by atoms with Gasteiger partial charge in [0.05, 0.1) is 12.4 Å². The molecule has 4 nitrogen and oxygen atoms in total. The van der Waals surface area contributed by atoms with Crippen LogP contribution in [-0.4, -0.2) is 36.0 Å². The number of hydrogen-bond donors (Lipinski definition) is 1. The Balaban J connectivity index is 2.60. The molecule has 8 heteroatoms. The Hall–Kier alpha value is -1.60. The van der Waals surface area contributed by atoms with Gasteiger partial charge >= 0.3 is 12.3 Å². The lowest BCUT2D eigenvalue weighted by Gasteiger charge is -2.15. The van der Waals surface area contributed by atoms with Crippen LogP contribution >= 0.6 is 0 Å². The number of anilines is 1. The van der Waals surface area contributed by atoms with Crippen molar-refractivity contribution in [2.24, 2.45) is 0 Å². The molecule has 0 aliphatic carbocycles. The fraction of sp³-hybridized carbons (Fsp3) is 0.500. The van der Waals surface area contributed by atoms with E-state index in [1.807, 2.05) is 0 Å². The van der Waals surface area contributed by atoms with Crippen LogP contribution in [-0.2, 0) is 0 Å². The summed E-state index contributed by atoms with van der Waals surface area (Å²) in [6, 6.07) is 0. The molecule has 0 radical (unpaired) electrons. The minimum atomic E-state index is -4.20. The van der Waals surface area contributed by atoms with Gasteiger partial charge in [-0.25, -0.2) is 8.78 Å². The largest absolute Gasteiger partial charge is 0.470 e. The molecular formula is C8H9F4N3O. The molecule has 0 amide bonds. The maximum atomic E-state index is 12.5. The quantitative estimate of drug-likeness (QED) is 0.796. The van der Waals surface area contributed by atoms with Gasteiger partial charge in [-0.05, 0) is 0 Å². The molecule has 0 aliphatic heterocycles. The number of rotatable bonds is 5. The first-order chi connectivity index (χ1) is 7.45. The van der Waals surface area contributed by atoms with Gasteiger partial charge in [0, 0.05) is 7.05 Å². The lowest BCUT2D eigenvalue weighted by molar-refractivity contribution is -0.148. The third kappa shape index (κ3) is 3.21. The van der Waals surface area contributed by atoms with E-state index in [1.54, 1.807) is 7.05 Å². The summed E-state index contributed by atoms with van der Waals surface area (Å²) < 4.78 is 52.9. The van der Waals surface area contributed by atoms with E-state index in [2.05, 4.69) is 20.0 Å². The minimum Gasteiger partial charge on any atom is -0.470 e. The van der Waals surface area contributed by atoms with E-state index in [0.29, 0.717) is 0 Å². The van der Waals surface area contributed by atoms with Gasteiger partial charge in [-0.2, -0.15) is 13.8 Å². The van der Waals surface area contributed by atoms with Crippen LogP contribution in [0.15, 0.2) is 12.4 Å². The van der Waals surface area contributed by atoms with Crippen LogP contribution in [0.3, 0.4) is 0 Å². The summed E-state index contributed by atoms with van der Waals surface area (Å²) >= 11 is 0. The molecule has 0 saturated heterocycles. The molecular weight excluding hydrogens is 230 g/mol. The van der Waals surface area contributed by atoms with Crippen LogP contribution in [0.4, 0.5) is 23.4 Å². The SMILES string of the molecule is CNc1cncc(OCC(F)(F)C(F)F)n1. The van der Waals surface area contributed by atoms with Gasteiger partial charge in [0.1, 0.15) is 5.82 Å². The molecule has 16 heavy (non-hydrogen) atoms. The minimum absolute atomic E-state index is 0.243. The number of halogens is 4. The van der Waals surface area contributed by atoms with Crippen LogP contribution < -0.4 is 10.1 Å². The predicted molar refractivity (Wildman–Crippen MR) is 48.0 cm³/mol. The van der Waals surface area contributed by atoms with E-state index < -0.39 is 19.0 Å². The fourth-order valence-corrected chi connectivity index (χ4v) is 0.771. The van der Waals surface area contributed by atoms with E-state index in [4.69, 9.17) is 0 Å². The van der Waals surface area contributed by atoms with Crippen LogP contribution in [0.2, 0.25) is 0 Å². The normalized spacial score (nSPS) is 11.6. The second-order valence-electron chi connectivity index (χ2n) is 2.84. The van der Waals surface area contributed by atoms with Crippen molar-refractivity contribution in [1.29, 1.82) is 0 Å². The van der Waals surface area contributed by atoms with E-state index in [9.17, 15) is 17.6 Å². The highest BCUT2D eigenvalue weighted by atomic mass is 19.3. The summed E-state index contributed by atoms with van der Waals surface area (Å²) in [7, 11) is 1.54. The lowest BCUT2D eigenvalue weighted by atomic mass is 10.4. The van der Waals surface area contributed by atoms with E-state index in [-0.39, 0.29) is 11.7 Å². The van der Waals surface area contributed by atoms with Gasteiger partial charge in [0.15, 0.2) is 6.61 Å². The maximum absolute atomic E-state index is 12.5. The Labute approximate surface area is 88.7 Å². The monoisotopic (exact) mass is 239 g/mol. The molecule has 1 aromatic rings. The molecule has 0 aliphatic rings. The number of nitrogens with zero attached hydrogens (tertiary/aromatic N) is 2. The molecule has 0 saturated carbocycles. The van der Waals surface area contributed by atoms with E-state index >= 15 is 0 Å². The van der Waals surface area contributed by atoms with Crippen molar-refractivity contribution < 1.29 is 22.3 Å². The molecule has 1 aromatic heterocycles. The zero-order valence-electron chi connectivity index (χ0n) is 8.25. The highest BCUT2D eigenvalue weighted by Gasteiger charge is 2.41. The molecule has 1 N–H and O–H groups in total. The van der Waals surface area contributed by atoms with Gasteiger partial charge in [0.25, 0.3) is 0 Å². The van der Waals surface area contributed by atoms with Crippen molar-refractivity contribution in [3.63, 3.8) is 0 Å². The number of ether oxygens (including phenoxy) is 1. The van der Waals surface area contributed by atoms with Crippen LogP contribution in [0, 0.1) is 0 Å². The first kappa shape index (κ1) is 12.5. The molecule has 1 heterocycles. The van der Waals surface area contributed by atoms with Crippen molar-refractivity contribution in [3.8, 4) is 5.88 Å². The Morgan fingerprint density at radius 1 is 1.44 bits per heavy atom. The van der Waals surface area contributed by atoms with Gasteiger partial charge in [-0.1, -0.05) is 0 Å². The van der Waals surface area contributed by atoms with Crippen LogP contribution in [0.25, 0.3) is 0 Å².